The van der Waals surface area contributed by atoms with Crippen LogP contribution < -0.4 is 4.90 Å². The Hall–Kier alpha value is -1.92. The molecule has 23 heavy (non-hydrogen) atoms. The van der Waals surface area contributed by atoms with E-state index in [0.717, 1.165) is 18.5 Å². The van der Waals surface area contributed by atoms with Crippen molar-refractivity contribution in [3.63, 3.8) is 0 Å². The lowest BCUT2D eigenvalue weighted by Gasteiger charge is -2.22. The van der Waals surface area contributed by atoms with Crippen LogP contribution in [0.5, 0.6) is 0 Å². The molecule has 7 heteroatoms. The zero-order valence-electron chi connectivity index (χ0n) is 13.2. The van der Waals surface area contributed by atoms with Gasteiger partial charge < -0.3 is 9.42 Å². The predicted molar refractivity (Wildman–Crippen MR) is 87.4 cm³/mol. The standard InChI is InChI=1S/C16H19ClN4O2/c1-3-14-18-15(23-19-14)10-20(2)13-8-9-21(16(13)22)12-7-5-4-6-11(12)17/h4-7,13H,3,8-10H2,1-2H3. The fourth-order valence-corrected chi connectivity index (χ4v) is 3.04. The summed E-state index contributed by atoms with van der Waals surface area (Å²) in [6, 6.07) is 7.20. The van der Waals surface area contributed by atoms with Crippen molar-refractivity contribution in [3.8, 4) is 0 Å². The smallest absolute Gasteiger partial charge is 0.244 e. The minimum atomic E-state index is -0.205. The summed E-state index contributed by atoms with van der Waals surface area (Å²) in [5.74, 6) is 1.27. The molecule has 1 aromatic carbocycles. The topological polar surface area (TPSA) is 62.5 Å². The van der Waals surface area contributed by atoms with Crippen molar-refractivity contribution in [2.75, 3.05) is 18.5 Å². The second kappa shape index (κ2) is 6.68. The second-order valence-electron chi connectivity index (χ2n) is 5.62. The highest BCUT2D eigenvalue weighted by Gasteiger charge is 2.36. The van der Waals surface area contributed by atoms with Crippen molar-refractivity contribution in [2.24, 2.45) is 0 Å². The first-order valence-corrected chi connectivity index (χ1v) is 8.05. The van der Waals surface area contributed by atoms with Crippen LogP contribution in [0.25, 0.3) is 0 Å². The first kappa shape index (κ1) is 16.0. The maximum atomic E-state index is 12.7. The maximum absolute atomic E-state index is 12.7. The Morgan fingerprint density at radius 1 is 1.43 bits per heavy atom. The number of aromatic nitrogens is 2. The number of halogens is 1. The van der Waals surface area contributed by atoms with Crippen LogP contribution in [0.2, 0.25) is 5.02 Å². The van der Waals surface area contributed by atoms with Crippen molar-refractivity contribution in [3.05, 3.63) is 41.0 Å². The number of likely N-dealkylation sites (N-methyl/N-ethyl adjacent to an activating group) is 1. The van der Waals surface area contributed by atoms with E-state index in [9.17, 15) is 4.79 Å². The van der Waals surface area contributed by atoms with Crippen LogP contribution in [0, 0.1) is 0 Å². The molecule has 1 saturated heterocycles. The summed E-state index contributed by atoms with van der Waals surface area (Å²) in [6.45, 7) is 3.09. The molecule has 0 N–H and O–H groups in total. The van der Waals surface area contributed by atoms with Gasteiger partial charge in [0.1, 0.15) is 0 Å². The second-order valence-corrected chi connectivity index (χ2v) is 6.03. The third kappa shape index (κ3) is 3.23. The van der Waals surface area contributed by atoms with Crippen molar-refractivity contribution in [2.45, 2.75) is 32.4 Å². The van der Waals surface area contributed by atoms with Crippen LogP contribution in [0.1, 0.15) is 25.1 Å². The van der Waals surface area contributed by atoms with Crippen molar-refractivity contribution < 1.29 is 9.32 Å². The molecule has 1 atom stereocenters. The van der Waals surface area contributed by atoms with Crippen molar-refractivity contribution >= 4 is 23.2 Å². The summed E-state index contributed by atoms with van der Waals surface area (Å²) in [5, 5.41) is 4.47. The first-order valence-electron chi connectivity index (χ1n) is 7.67. The molecule has 1 unspecified atom stereocenters. The molecule has 1 amide bonds. The summed E-state index contributed by atoms with van der Waals surface area (Å²) in [5.41, 5.74) is 0.765. The number of rotatable bonds is 5. The number of anilines is 1. The minimum Gasteiger partial charge on any atom is -0.338 e. The molecular formula is C16H19ClN4O2. The SMILES string of the molecule is CCc1noc(CN(C)C2CCN(c3ccccc3Cl)C2=O)n1. The number of aryl methyl sites for hydroxylation is 1. The molecule has 122 valence electrons. The van der Waals surface area contributed by atoms with Gasteiger partial charge in [-0.15, -0.1) is 0 Å². The van der Waals surface area contributed by atoms with E-state index in [2.05, 4.69) is 10.1 Å². The van der Waals surface area contributed by atoms with E-state index in [4.69, 9.17) is 16.1 Å². The Kier molecular flexibility index (Phi) is 4.63. The highest BCUT2D eigenvalue weighted by atomic mass is 35.5. The molecule has 0 bridgehead atoms. The van der Waals surface area contributed by atoms with Crippen molar-refractivity contribution in [1.29, 1.82) is 0 Å². The van der Waals surface area contributed by atoms with Gasteiger partial charge in [0.2, 0.25) is 11.8 Å². The molecular weight excluding hydrogens is 316 g/mol. The molecule has 0 saturated carbocycles. The molecule has 6 nitrogen and oxygen atoms in total. The van der Waals surface area contributed by atoms with Gasteiger partial charge in [-0.3, -0.25) is 9.69 Å². The van der Waals surface area contributed by atoms with Gasteiger partial charge in [-0.2, -0.15) is 4.98 Å². The monoisotopic (exact) mass is 334 g/mol. The molecule has 0 aliphatic carbocycles. The van der Waals surface area contributed by atoms with E-state index in [1.165, 1.54) is 0 Å². The van der Waals surface area contributed by atoms with Gasteiger partial charge in [-0.25, -0.2) is 0 Å². The number of para-hydroxylation sites is 1. The van der Waals surface area contributed by atoms with E-state index in [1.54, 1.807) is 11.0 Å². The van der Waals surface area contributed by atoms with Gasteiger partial charge in [0, 0.05) is 13.0 Å². The van der Waals surface area contributed by atoms with Crippen LogP contribution in [0.15, 0.2) is 28.8 Å². The van der Waals surface area contributed by atoms with E-state index in [0.29, 0.717) is 29.8 Å². The van der Waals surface area contributed by atoms with E-state index >= 15 is 0 Å². The van der Waals surface area contributed by atoms with E-state index in [-0.39, 0.29) is 11.9 Å². The average molecular weight is 335 g/mol. The molecule has 1 aliphatic rings. The number of nitrogens with zero attached hydrogens (tertiary/aromatic N) is 4. The zero-order valence-corrected chi connectivity index (χ0v) is 14.0. The molecule has 3 rings (SSSR count). The minimum absolute atomic E-state index is 0.0517. The fraction of sp³-hybridized carbons (Fsp3) is 0.438. The highest BCUT2D eigenvalue weighted by Crippen LogP contribution is 2.30. The van der Waals surface area contributed by atoms with Crippen LogP contribution >= 0.6 is 11.6 Å². The van der Waals surface area contributed by atoms with Gasteiger partial charge in [0.25, 0.3) is 0 Å². The quantitative estimate of drug-likeness (QED) is 0.840. The number of hydrogen-bond donors (Lipinski definition) is 0. The van der Waals surface area contributed by atoms with Crippen LogP contribution in [-0.2, 0) is 17.8 Å². The summed E-state index contributed by atoms with van der Waals surface area (Å²) in [4.78, 5) is 20.7. The lowest BCUT2D eigenvalue weighted by atomic mass is 10.2. The molecule has 0 spiro atoms. The number of benzene rings is 1. The van der Waals surface area contributed by atoms with Gasteiger partial charge in [-0.05, 0) is 25.6 Å². The number of carbonyl (C=O) groups excluding carboxylic acids is 1. The van der Waals surface area contributed by atoms with E-state index < -0.39 is 0 Å². The predicted octanol–water partition coefficient (Wildman–Crippen LogP) is 2.52. The molecule has 1 aromatic heterocycles. The largest absolute Gasteiger partial charge is 0.338 e. The Bertz CT molecular complexity index is 703. The summed E-state index contributed by atoms with van der Waals surface area (Å²) < 4.78 is 5.20. The summed E-state index contributed by atoms with van der Waals surface area (Å²) >= 11 is 6.20. The number of carbonyl (C=O) groups is 1. The Morgan fingerprint density at radius 2 is 2.22 bits per heavy atom. The first-order chi connectivity index (χ1) is 11.1. The fourth-order valence-electron chi connectivity index (χ4n) is 2.81. The number of hydrogen-bond acceptors (Lipinski definition) is 5. The zero-order chi connectivity index (χ0) is 16.4. The summed E-state index contributed by atoms with van der Waals surface area (Å²) in [6.07, 6.45) is 1.48. The van der Waals surface area contributed by atoms with Crippen LogP contribution in [-0.4, -0.2) is 40.6 Å². The lowest BCUT2D eigenvalue weighted by molar-refractivity contribution is -0.121. The molecule has 0 radical (unpaired) electrons. The molecule has 2 heterocycles. The third-order valence-electron chi connectivity index (χ3n) is 4.06. The highest BCUT2D eigenvalue weighted by molar-refractivity contribution is 6.33. The Labute approximate surface area is 140 Å². The lowest BCUT2D eigenvalue weighted by Crippen LogP contribution is -2.39. The molecule has 2 aromatic rings. The summed E-state index contributed by atoms with van der Waals surface area (Å²) in [7, 11) is 1.90. The normalized spacial score (nSPS) is 18.2. The Balaban J connectivity index is 1.70. The average Bonchev–Trinajstić information content (AvgIpc) is 3.14. The molecule has 1 fully saturated rings. The third-order valence-corrected chi connectivity index (χ3v) is 4.38. The van der Waals surface area contributed by atoms with Gasteiger partial charge in [0.15, 0.2) is 5.82 Å². The number of amides is 1. The molecule has 1 aliphatic heterocycles. The van der Waals surface area contributed by atoms with Gasteiger partial charge in [-0.1, -0.05) is 35.8 Å². The van der Waals surface area contributed by atoms with E-state index in [1.807, 2.05) is 37.1 Å². The maximum Gasteiger partial charge on any atom is 0.244 e. The van der Waals surface area contributed by atoms with Crippen LogP contribution in [0.4, 0.5) is 5.69 Å². The Morgan fingerprint density at radius 3 is 2.91 bits per heavy atom. The van der Waals surface area contributed by atoms with Crippen molar-refractivity contribution in [1.82, 2.24) is 15.0 Å². The van der Waals surface area contributed by atoms with Crippen LogP contribution in [0.3, 0.4) is 0 Å². The van der Waals surface area contributed by atoms with Gasteiger partial charge in [0.05, 0.1) is 23.3 Å². The van der Waals surface area contributed by atoms with Gasteiger partial charge >= 0.3 is 0 Å².